The van der Waals surface area contributed by atoms with Crippen molar-refractivity contribution in [1.82, 2.24) is 15.5 Å². The maximum Gasteiger partial charge on any atom is 0.309 e. The lowest BCUT2D eigenvalue weighted by Crippen LogP contribution is -2.44. The molecule has 6 heteroatoms. The van der Waals surface area contributed by atoms with Gasteiger partial charge in [0.2, 0.25) is 0 Å². The fourth-order valence-electron chi connectivity index (χ4n) is 2.58. The minimum atomic E-state index is -0.625. The van der Waals surface area contributed by atoms with Crippen LogP contribution in [-0.4, -0.2) is 63.0 Å². The second-order valence-corrected chi connectivity index (χ2v) is 5.96. The van der Waals surface area contributed by atoms with Crippen molar-refractivity contribution in [2.45, 2.75) is 6.42 Å². The molecule has 0 aliphatic carbocycles. The van der Waals surface area contributed by atoms with Crippen LogP contribution in [-0.2, 0) is 16.0 Å². The predicted molar refractivity (Wildman–Crippen MR) is 96.1 cm³/mol. The van der Waals surface area contributed by atoms with Gasteiger partial charge in [-0.1, -0.05) is 18.2 Å². The molecule has 2 N–H and O–H groups in total. The smallest absolute Gasteiger partial charge is 0.309 e. The summed E-state index contributed by atoms with van der Waals surface area (Å²) in [6, 6.07) is 8.41. The minimum absolute atomic E-state index is 0.292. The second-order valence-electron chi connectivity index (χ2n) is 5.96. The van der Waals surface area contributed by atoms with Gasteiger partial charge in [-0.3, -0.25) is 9.59 Å². The third kappa shape index (κ3) is 5.38. The van der Waals surface area contributed by atoms with E-state index in [1.807, 2.05) is 0 Å². The zero-order chi connectivity index (χ0) is 17.4. The largest absolute Gasteiger partial charge is 0.369 e. The summed E-state index contributed by atoms with van der Waals surface area (Å²) in [6.07, 6.45) is 2.23. The number of piperazine rings is 1. The van der Waals surface area contributed by atoms with Crippen LogP contribution in [0.3, 0.4) is 0 Å². The Balaban J connectivity index is 1.75. The van der Waals surface area contributed by atoms with E-state index in [4.69, 9.17) is 0 Å². The number of amides is 2. The van der Waals surface area contributed by atoms with Gasteiger partial charge in [0.05, 0.1) is 0 Å². The molecule has 0 atom stereocenters. The summed E-state index contributed by atoms with van der Waals surface area (Å²) in [5, 5.41) is 5.07. The lowest BCUT2D eigenvalue weighted by Gasteiger charge is -2.34. The third-order valence-electron chi connectivity index (χ3n) is 4.12. The van der Waals surface area contributed by atoms with Crippen LogP contribution in [0.4, 0.5) is 5.69 Å². The highest BCUT2D eigenvalue weighted by Crippen LogP contribution is 2.17. The number of nitrogens with zero attached hydrogens (tertiary/aromatic N) is 2. The molecule has 1 aromatic carbocycles. The van der Waals surface area contributed by atoms with E-state index in [-0.39, 0.29) is 0 Å². The minimum Gasteiger partial charge on any atom is -0.369 e. The Morgan fingerprint density at radius 3 is 2.33 bits per heavy atom. The van der Waals surface area contributed by atoms with Gasteiger partial charge in [0, 0.05) is 45.0 Å². The first-order valence-electron chi connectivity index (χ1n) is 8.29. The molecule has 2 amide bonds. The van der Waals surface area contributed by atoms with E-state index in [2.05, 4.69) is 58.3 Å². The standard InChI is InChI=1S/C18H26N4O2/c1-3-9-19-17(23)18(24)20-10-8-15-4-6-16(7-5-15)22-13-11-21(2)12-14-22/h3-7H,1,8-14H2,2H3,(H,19,23)(H,20,24). The Hall–Kier alpha value is -2.34. The summed E-state index contributed by atoms with van der Waals surface area (Å²) >= 11 is 0. The molecule has 1 aromatic rings. The van der Waals surface area contributed by atoms with Gasteiger partial charge in [-0.15, -0.1) is 6.58 Å². The number of nitrogens with one attached hydrogen (secondary N) is 2. The number of hydrogen-bond acceptors (Lipinski definition) is 4. The van der Waals surface area contributed by atoms with Crippen molar-refractivity contribution >= 4 is 17.5 Å². The highest BCUT2D eigenvalue weighted by atomic mass is 16.2. The molecule has 0 spiro atoms. The number of carbonyl (C=O) groups is 2. The van der Waals surface area contributed by atoms with Gasteiger partial charge in [-0.25, -0.2) is 0 Å². The molecule has 2 rings (SSSR count). The second kappa shape index (κ2) is 9.08. The number of benzene rings is 1. The summed E-state index contributed by atoms with van der Waals surface area (Å²) in [6.45, 7) is 8.48. The maximum atomic E-state index is 11.6. The number of hydrogen-bond donors (Lipinski definition) is 2. The van der Waals surface area contributed by atoms with E-state index in [9.17, 15) is 9.59 Å². The Morgan fingerprint density at radius 2 is 1.71 bits per heavy atom. The number of rotatable bonds is 6. The van der Waals surface area contributed by atoms with Crippen molar-refractivity contribution in [3.8, 4) is 0 Å². The Kier molecular flexibility index (Phi) is 6.81. The van der Waals surface area contributed by atoms with Crippen LogP contribution < -0.4 is 15.5 Å². The highest BCUT2D eigenvalue weighted by molar-refractivity contribution is 6.35. The summed E-state index contributed by atoms with van der Waals surface area (Å²) < 4.78 is 0. The van der Waals surface area contributed by atoms with Crippen molar-refractivity contribution in [1.29, 1.82) is 0 Å². The van der Waals surface area contributed by atoms with Crippen molar-refractivity contribution in [3.63, 3.8) is 0 Å². The molecule has 6 nitrogen and oxygen atoms in total. The van der Waals surface area contributed by atoms with E-state index in [1.54, 1.807) is 0 Å². The molecule has 0 saturated carbocycles. The number of anilines is 1. The van der Waals surface area contributed by atoms with Crippen LogP contribution in [0.2, 0.25) is 0 Å². The van der Waals surface area contributed by atoms with E-state index < -0.39 is 11.8 Å². The van der Waals surface area contributed by atoms with E-state index >= 15 is 0 Å². The first-order valence-corrected chi connectivity index (χ1v) is 8.29. The summed E-state index contributed by atoms with van der Waals surface area (Å²) in [4.78, 5) is 27.7. The normalized spacial score (nSPS) is 15.0. The molecular weight excluding hydrogens is 304 g/mol. The lowest BCUT2D eigenvalue weighted by molar-refractivity contribution is -0.139. The molecule has 1 heterocycles. The van der Waals surface area contributed by atoms with Crippen LogP contribution in [0.15, 0.2) is 36.9 Å². The van der Waals surface area contributed by atoms with E-state index in [0.29, 0.717) is 19.5 Å². The molecule has 1 saturated heterocycles. The van der Waals surface area contributed by atoms with Gasteiger partial charge in [-0.2, -0.15) is 0 Å². The van der Waals surface area contributed by atoms with Crippen LogP contribution >= 0.6 is 0 Å². The SMILES string of the molecule is C=CCNC(=O)C(=O)NCCc1ccc(N2CCN(C)CC2)cc1. The predicted octanol–water partition coefficient (Wildman–Crippen LogP) is 0.399. The van der Waals surface area contributed by atoms with Gasteiger partial charge in [0.1, 0.15) is 0 Å². The Labute approximate surface area is 143 Å². The fraction of sp³-hybridized carbons (Fsp3) is 0.444. The van der Waals surface area contributed by atoms with Gasteiger partial charge >= 0.3 is 11.8 Å². The van der Waals surface area contributed by atoms with E-state index in [0.717, 1.165) is 31.7 Å². The molecule has 1 fully saturated rings. The van der Waals surface area contributed by atoms with Crippen molar-refractivity contribution in [3.05, 3.63) is 42.5 Å². The average Bonchev–Trinajstić information content (AvgIpc) is 2.61. The molecule has 0 radical (unpaired) electrons. The quantitative estimate of drug-likeness (QED) is 0.585. The van der Waals surface area contributed by atoms with Crippen molar-refractivity contribution in [2.24, 2.45) is 0 Å². The molecule has 0 bridgehead atoms. The lowest BCUT2D eigenvalue weighted by atomic mass is 10.1. The summed E-state index contributed by atoms with van der Waals surface area (Å²) in [7, 11) is 2.15. The average molecular weight is 330 g/mol. The summed E-state index contributed by atoms with van der Waals surface area (Å²) in [5.74, 6) is -1.23. The van der Waals surface area contributed by atoms with Gasteiger partial charge in [0.15, 0.2) is 0 Å². The van der Waals surface area contributed by atoms with Crippen LogP contribution in [0, 0.1) is 0 Å². The first-order chi connectivity index (χ1) is 11.6. The molecule has 1 aliphatic rings. The Bertz CT molecular complexity index is 563. The van der Waals surface area contributed by atoms with Gasteiger partial charge < -0.3 is 20.4 Å². The van der Waals surface area contributed by atoms with Crippen LogP contribution in [0.25, 0.3) is 0 Å². The highest BCUT2D eigenvalue weighted by Gasteiger charge is 2.14. The van der Waals surface area contributed by atoms with E-state index in [1.165, 1.54) is 11.8 Å². The zero-order valence-electron chi connectivity index (χ0n) is 14.3. The van der Waals surface area contributed by atoms with Crippen LogP contribution in [0.1, 0.15) is 5.56 Å². The molecule has 130 valence electrons. The number of carbonyl (C=O) groups excluding carboxylic acids is 2. The number of likely N-dealkylation sites (N-methyl/N-ethyl adjacent to an activating group) is 1. The van der Waals surface area contributed by atoms with Crippen molar-refractivity contribution < 1.29 is 9.59 Å². The molecular formula is C18H26N4O2. The molecule has 24 heavy (non-hydrogen) atoms. The molecule has 0 aromatic heterocycles. The molecule has 0 unspecified atom stereocenters. The molecule has 1 aliphatic heterocycles. The Morgan fingerprint density at radius 1 is 1.08 bits per heavy atom. The van der Waals surface area contributed by atoms with Crippen LogP contribution in [0.5, 0.6) is 0 Å². The zero-order valence-corrected chi connectivity index (χ0v) is 14.3. The fourth-order valence-corrected chi connectivity index (χ4v) is 2.58. The summed E-state index contributed by atoms with van der Waals surface area (Å²) in [5.41, 5.74) is 2.37. The topological polar surface area (TPSA) is 64.7 Å². The van der Waals surface area contributed by atoms with Crippen molar-refractivity contribution in [2.75, 3.05) is 51.2 Å². The monoisotopic (exact) mass is 330 g/mol. The van der Waals surface area contributed by atoms with Gasteiger partial charge in [0.25, 0.3) is 0 Å². The third-order valence-corrected chi connectivity index (χ3v) is 4.12. The first kappa shape index (κ1) is 18.0. The maximum absolute atomic E-state index is 11.6. The van der Waals surface area contributed by atoms with Gasteiger partial charge in [-0.05, 0) is 31.2 Å².